The van der Waals surface area contributed by atoms with Gasteiger partial charge in [-0.2, -0.15) is 0 Å². The summed E-state index contributed by atoms with van der Waals surface area (Å²) in [6, 6.07) is 6.90. The van der Waals surface area contributed by atoms with Crippen LogP contribution >= 0.6 is 0 Å². The molecule has 0 fully saturated rings. The maximum atomic E-state index is 11.1. The second-order valence-electron chi connectivity index (χ2n) is 11.6. The van der Waals surface area contributed by atoms with Crippen molar-refractivity contribution in [3.63, 3.8) is 0 Å². The van der Waals surface area contributed by atoms with Gasteiger partial charge in [-0.15, -0.1) is 0 Å². The van der Waals surface area contributed by atoms with E-state index in [-0.39, 0.29) is 53.9 Å². The van der Waals surface area contributed by atoms with Gasteiger partial charge < -0.3 is 30.0 Å². The third-order valence-corrected chi connectivity index (χ3v) is 6.58. The van der Waals surface area contributed by atoms with Gasteiger partial charge in [-0.05, 0) is 83.7 Å². The normalized spacial score (nSPS) is 11.0. The molecule has 0 aliphatic heterocycles. The van der Waals surface area contributed by atoms with Crippen LogP contribution in [0.4, 0.5) is 0 Å². The van der Waals surface area contributed by atoms with E-state index in [2.05, 4.69) is 27.7 Å². The van der Waals surface area contributed by atoms with E-state index in [0.29, 0.717) is 23.0 Å². The molecule has 2 aromatic rings. The second-order valence-corrected chi connectivity index (χ2v) is 11.6. The molecule has 0 saturated heterocycles. The fraction of sp³-hybridized carbons (Fsp3) is 0.562. The summed E-state index contributed by atoms with van der Waals surface area (Å²) in [5.74, 6) is -1.48. The molecule has 0 bridgehead atoms. The van der Waals surface area contributed by atoms with Gasteiger partial charge in [0, 0.05) is 11.1 Å². The van der Waals surface area contributed by atoms with Crippen molar-refractivity contribution in [3.05, 3.63) is 57.6 Å². The molecule has 0 aromatic heterocycles. The maximum absolute atomic E-state index is 11.1. The summed E-state index contributed by atoms with van der Waals surface area (Å²) >= 11 is 0. The van der Waals surface area contributed by atoms with Gasteiger partial charge in [0.1, 0.15) is 11.5 Å². The molecule has 2 rings (SSSR count). The van der Waals surface area contributed by atoms with Crippen LogP contribution in [0.5, 0.6) is 11.5 Å². The van der Waals surface area contributed by atoms with E-state index in [9.17, 15) is 30.0 Å². The average Bonchev–Trinajstić information content (AvgIpc) is 2.80. The van der Waals surface area contributed by atoms with Crippen LogP contribution in [0.2, 0.25) is 0 Å². The summed E-state index contributed by atoms with van der Waals surface area (Å²) in [4.78, 5) is 22.1. The minimum atomic E-state index is -1.31. The molecule has 0 heterocycles. The molecule has 0 amide bonds. The van der Waals surface area contributed by atoms with Crippen molar-refractivity contribution < 1.29 is 49.5 Å². The number of hydrogen-bond donors (Lipinski definition) is 2. The topological polar surface area (TPSA) is 121 Å². The molecule has 39 heavy (non-hydrogen) atoms. The van der Waals surface area contributed by atoms with Crippen LogP contribution in [-0.2, 0) is 32.3 Å². The zero-order chi connectivity index (χ0) is 29.2. The van der Waals surface area contributed by atoms with E-state index in [1.807, 2.05) is 39.8 Å². The van der Waals surface area contributed by atoms with Crippen molar-refractivity contribution >= 4 is 11.9 Å². The van der Waals surface area contributed by atoms with Gasteiger partial charge >= 0.3 is 19.5 Å². The molecule has 2 aromatic carbocycles. The van der Waals surface area contributed by atoms with E-state index in [4.69, 9.17) is 0 Å². The number of carboxylic acid groups (broad SMARTS) is 2. The Labute approximate surface area is 247 Å². The standard InChI is InChI=1S/2C16H24O3.Zn/c2*1-10(2)6-5-7-12-8-13(11(3)4)15(17)14(9-12)16(18)19;/h2*8-11,17H,5-7H2,1-4H3,(H,18,19);/q;;+2/p-2. The van der Waals surface area contributed by atoms with Gasteiger partial charge in [0.2, 0.25) is 0 Å². The first-order valence-electron chi connectivity index (χ1n) is 13.8. The van der Waals surface area contributed by atoms with Crippen molar-refractivity contribution in [3.8, 4) is 11.5 Å². The fourth-order valence-corrected chi connectivity index (χ4v) is 4.35. The quantitative estimate of drug-likeness (QED) is 0.305. The van der Waals surface area contributed by atoms with Crippen molar-refractivity contribution in [2.75, 3.05) is 0 Å². The molecule has 0 spiro atoms. The Hall–Kier alpha value is -2.40. The number of carbonyl (C=O) groups excluding carboxylic acids is 2. The molecule has 0 saturated carbocycles. The fourth-order valence-electron chi connectivity index (χ4n) is 4.35. The summed E-state index contributed by atoms with van der Waals surface area (Å²) in [7, 11) is 0. The molecule has 6 nitrogen and oxygen atoms in total. The van der Waals surface area contributed by atoms with Crippen molar-refractivity contribution in [1.82, 2.24) is 0 Å². The molecular formula is C32H46O6Zn. The molecule has 212 valence electrons. The molecule has 0 aliphatic rings. The largest absolute Gasteiger partial charge is 2.00 e. The first-order valence-corrected chi connectivity index (χ1v) is 13.8. The van der Waals surface area contributed by atoms with Crippen LogP contribution in [0.1, 0.15) is 136 Å². The van der Waals surface area contributed by atoms with E-state index >= 15 is 0 Å². The van der Waals surface area contributed by atoms with Crippen LogP contribution in [0.3, 0.4) is 0 Å². The van der Waals surface area contributed by atoms with Crippen molar-refractivity contribution in [2.24, 2.45) is 11.8 Å². The van der Waals surface area contributed by atoms with Gasteiger partial charge in [0.15, 0.2) is 0 Å². The van der Waals surface area contributed by atoms with Crippen LogP contribution < -0.4 is 10.2 Å². The van der Waals surface area contributed by atoms with Gasteiger partial charge in [-0.1, -0.05) is 80.4 Å². The predicted octanol–water partition coefficient (Wildman–Crippen LogP) is 5.71. The van der Waals surface area contributed by atoms with Crippen molar-refractivity contribution in [1.29, 1.82) is 0 Å². The molecule has 0 radical (unpaired) electrons. The Morgan fingerprint density at radius 2 is 0.949 bits per heavy atom. The monoisotopic (exact) mass is 590 g/mol. The van der Waals surface area contributed by atoms with Gasteiger partial charge in [0.05, 0.1) is 11.9 Å². The number of hydrogen-bond acceptors (Lipinski definition) is 6. The smallest absolute Gasteiger partial charge is 0.545 e. The zero-order valence-corrected chi connectivity index (χ0v) is 28.1. The van der Waals surface area contributed by atoms with E-state index in [1.165, 1.54) is 12.1 Å². The summed E-state index contributed by atoms with van der Waals surface area (Å²) in [5.41, 5.74) is 3.10. The Morgan fingerprint density at radius 1 is 0.641 bits per heavy atom. The van der Waals surface area contributed by atoms with Crippen LogP contribution in [0.25, 0.3) is 0 Å². The number of rotatable bonds is 12. The SMILES string of the molecule is CC(C)CCCc1cc(C(=O)[O-])c(O)c(C(C)C)c1.CC(C)CCCc1cc(C(=O)[O-])c(O)c(C(C)C)c1.[Zn+2]. The van der Waals surface area contributed by atoms with Gasteiger partial charge in [-0.25, -0.2) is 0 Å². The van der Waals surface area contributed by atoms with Gasteiger partial charge in [0.25, 0.3) is 0 Å². The third kappa shape index (κ3) is 12.1. The molecule has 7 heteroatoms. The Morgan fingerprint density at radius 3 is 1.18 bits per heavy atom. The van der Waals surface area contributed by atoms with E-state index in [1.54, 1.807) is 0 Å². The van der Waals surface area contributed by atoms with Crippen LogP contribution in [0, 0.1) is 11.8 Å². The number of aromatic hydroxyl groups is 2. The number of aromatic carboxylic acids is 2. The Balaban J connectivity index is 0.000000722. The minimum Gasteiger partial charge on any atom is -0.545 e. The number of aryl methyl sites for hydroxylation is 2. The van der Waals surface area contributed by atoms with E-state index < -0.39 is 11.9 Å². The number of carboxylic acids is 2. The van der Waals surface area contributed by atoms with Crippen LogP contribution in [0.15, 0.2) is 24.3 Å². The minimum absolute atomic E-state index is 0. The number of carbonyl (C=O) groups is 2. The van der Waals surface area contributed by atoms with Gasteiger partial charge in [-0.3, -0.25) is 0 Å². The summed E-state index contributed by atoms with van der Waals surface area (Å²) < 4.78 is 0. The maximum Gasteiger partial charge on any atom is 2.00 e. The molecule has 0 atom stereocenters. The van der Waals surface area contributed by atoms with Crippen molar-refractivity contribution in [2.45, 2.75) is 106 Å². The van der Waals surface area contributed by atoms with E-state index in [0.717, 1.165) is 49.7 Å². The predicted molar refractivity (Wildman–Crippen MR) is 149 cm³/mol. The molecule has 2 N–H and O–H groups in total. The zero-order valence-electron chi connectivity index (χ0n) is 25.1. The first-order chi connectivity index (χ1) is 17.6. The summed E-state index contributed by atoms with van der Waals surface area (Å²) in [6.07, 6.45) is 5.92. The molecule has 0 aliphatic carbocycles. The molecule has 0 unspecified atom stereocenters. The first kappa shape index (κ1) is 36.6. The average molecular weight is 592 g/mol. The Bertz CT molecular complexity index is 987. The summed E-state index contributed by atoms with van der Waals surface area (Å²) in [5, 5.41) is 42.0. The Kier molecular flexibility index (Phi) is 16.3. The second kappa shape index (κ2) is 17.3. The number of benzene rings is 2. The molecular weight excluding hydrogens is 546 g/mol. The third-order valence-electron chi connectivity index (χ3n) is 6.58. The summed E-state index contributed by atoms with van der Waals surface area (Å²) in [6.45, 7) is 16.4. The van der Waals surface area contributed by atoms with Crippen LogP contribution in [-0.4, -0.2) is 22.2 Å². The number of phenols is 2.